The van der Waals surface area contributed by atoms with Gasteiger partial charge in [-0.05, 0) is 18.2 Å². The van der Waals surface area contributed by atoms with Crippen molar-refractivity contribution in [3.63, 3.8) is 0 Å². The Labute approximate surface area is 85.7 Å². The molecule has 0 bridgehead atoms. The zero-order valence-corrected chi connectivity index (χ0v) is 8.88. The lowest BCUT2D eigenvalue weighted by atomic mass is 10.6. The van der Waals surface area contributed by atoms with Crippen molar-refractivity contribution in [1.29, 1.82) is 0 Å². The van der Waals surface area contributed by atoms with Crippen LogP contribution in [-0.4, -0.2) is 16.0 Å². The molecule has 0 saturated heterocycles. The van der Waals surface area contributed by atoms with Crippen LogP contribution >= 0.6 is 35.0 Å². The molecule has 0 fully saturated rings. The Morgan fingerprint density at radius 2 is 2.17 bits per heavy atom. The summed E-state index contributed by atoms with van der Waals surface area (Å²) in [5.41, 5.74) is 0. The lowest BCUT2D eigenvalue weighted by Gasteiger charge is -2.00. The van der Waals surface area contributed by atoms with Crippen LogP contribution in [0.2, 0.25) is 10.3 Å². The molecule has 0 amide bonds. The first-order chi connectivity index (χ1) is 5.74. The van der Waals surface area contributed by atoms with E-state index in [1.54, 1.807) is 17.8 Å². The zero-order chi connectivity index (χ0) is 8.97. The molecule has 66 valence electrons. The zero-order valence-electron chi connectivity index (χ0n) is 6.55. The minimum atomic E-state index is 0.387. The fourth-order valence-corrected chi connectivity index (χ4v) is 1.90. The highest BCUT2D eigenvalue weighted by molar-refractivity contribution is 7.99. The molecule has 1 aromatic heterocycles. The quantitative estimate of drug-likeness (QED) is 0.735. The number of thioether (sulfide) groups is 1. The molecule has 5 heteroatoms. The van der Waals surface area contributed by atoms with Gasteiger partial charge in [-0.2, -0.15) is 0 Å². The smallest absolute Gasteiger partial charge is 0.137 e. The van der Waals surface area contributed by atoms with Gasteiger partial charge in [-0.15, -0.1) is 22.0 Å². The van der Waals surface area contributed by atoms with Crippen LogP contribution in [0.3, 0.4) is 0 Å². The second-order valence-electron chi connectivity index (χ2n) is 2.17. The summed E-state index contributed by atoms with van der Waals surface area (Å²) in [6.07, 6.45) is 1.10. The molecule has 0 N–H and O–H groups in total. The number of hydrogen-bond donors (Lipinski definition) is 0. The van der Waals surface area contributed by atoms with E-state index in [0.29, 0.717) is 10.3 Å². The van der Waals surface area contributed by atoms with Crippen molar-refractivity contribution in [3.05, 3.63) is 16.4 Å². The Balaban J connectivity index is 2.75. The number of hydrogen-bond acceptors (Lipinski definition) is 3. The molecule has 0 aliphatic rings. The van der Waals surface area contributed by atoms with Crippen LogP contribution in [0, 0.1) is 0 Å². The summed E-state index contributed by atoms with van der Waals surface area (Å²) in [4.78, 5) is 0.901. The van der Waals surface area contributed by atoms with Crippen LogP contribution in [0.4, 0.5) is 0 Å². The fraction of sp³-hybridized carbons (Fsp3) is 0.429. The third kappa shape index (κ3) is 2.81. The number of rotatable bonds is 3. The van der Waals surface area contributed by atoms with Crippen molar-refractivity contribution in [1.82, 2.24) is 10.2 Å². The topological polar surface area (TPSA) is 25.8 Å². The highest BCUT2D eigenvalue weighted by atomic mass is 35.5. The van der Waals surface area contributed by atoms with Crippen molar-refractivity contribution < 1.29 is 0 Å². The molecule has 0 saturated carbocycles. The van der Waals surface area contributed by atoms with Crippen LogP contribution in [0.1, 0.15) is 13.3 Å². The largest absolute Gasteiger partial charge is 0.165 e. The Bertz CT molecular complexity index is 268. The Kier molecular flexibility index (Phi) is 4.12. The van der Waals surface area contributed by atoms with Crippen LogP contribution in [0.15, 0.2) is 11.0 Å². The van der Waals surface area contributed by atoms with Crippen LogP contribution in [-0.2, 0) is 0 Å². The molecule has 0 unspecified atom stereocenters. The van der Waals surface area contributed by atoms with Crippen molar-refractivity contribution in [3.8, 4) is 0 Å². The highest BCUT2D eigenvalue weighted by Gasteiger charge is 2.03. The molecular weight excluding hydrogens is 215 g/mol. The molecule has 2 nitrogen and oxygen atoms in total. The summed E-state index contributed by atoms with van der Waals surface area (Å²) < 4.78 is 0. The molecule has 1 aromatic rings. The Morgan fingerprint density at radius 1 is 1.42 bits per heavy atom. The van der Waals surface area contributed by atoms with E-state index in [4.69, 9.17) is 23.2 Å². The fourth-order valence-electron chi connectivity index (χ4n) is 0.651. The maximum atomic E-state index is 5.78. The van der Waals surface area contributed by atoms with Gasteiger partial charge in [-0.3, -0.25) is 0 Å². The van der Waals surface area contributed by atoms with Gasteiger partial charge in [-0.1, -0.05) is 30.1 Å². The van der Waals surface area contributed by atoms with E-state index in [1.807, 2.05) is 0 Å². The molecule has 0 spiro atoms. The minimum absolute atomic E-state index is 0.387. The van der Waals surface area contributed by atoms with Gasteiger partial charge in [0.25, 0.3) is 0 Å². The average Bonchev–Trinajstić information content (AvgIpc) is 2.07. The standard InChI is InChI=1S/C7H8Cl2N2S/c1-2-3-12-5-4-6(8)10-11-7(5)9/h4H,2-3H2,1H3. The van der Waals surface area contributed by atoms with E-state index in [2.05, 4.69) is 17.1 Å². The maximum absolute atomic E-state index is 5.78. The lowest BCUT2D eigenvalue weighted by Crippen LogP contribution is -1.86. The summed E-state index contributed by atoms with van der Waals surface area (Å²) in [6, 6.07) is 1.73. The van der Waals surface area contributed by atoms with Crippen molar-refractivity contribution in [2.75, 3.05) is 5.75 Å². The average molecular weight is 223 g/mol. The van der Waals surface area contributed by atoms with Gasteiger partial charge in [0, 0.05) is 4.90 Å². The predicted octanol–water partition coefficient (Wildman–Crippen LogP) is 3.29. The molecule has 12 heavy (non-hydrogen) atoms. The van der Waals surface area contributed by atoms with Crippen LogP contribution in [0.5, 0.6) is 0 Å². The molecule has 0 aliphatic heterocycles. The predicted molar refractivity (Wildman–Crippen MR) is 53.1 cm³/mol. The summed E-state index contributed by atoms with van der Waals surface area (Å²) in [5.74, 6) is 1.02. The van der Waals surface area contributed by atoms with Crippen LogP contribution in [0.25, 0.3) is 0 Å². The number of halogens is 2. The lowest BCUT2D eigenvalue weighted by molar-refractivity contribution is 0.996. The van der Waals surface area contributed by atoms with E-state index in [9.17, 15) is 0 Å². The SMILES string of the molecule is CCCSc1cc(Cl)nnc1Cl. The van der Waals surface area contributed by atoms with Crippen LogP contribution < -0.4 is 0 Å². The van der Waals surface area contributed by atoms with Crippen molar-refractivity contribution in [2.24, 2.45) is 0 Å². The first-order valence-electron chi connectivity index (χ1n) is 3.55. The van der Waals surface area contributed by atoms with Gasteiger partial charge < -0.3 is 0 Å². The van der Waals surface area contributed by atoms with Gasteiger partial charge in [0.2, 0.25) is 0 Å². The second-order valence-corrected chi connectivity index (χ2v) is 4.05. The van der Waals surface area contributed by atoms with Gasteiger partial charge in [0.05, 0.1) is 0 Å². The summed E-state index contributed by atoms with van der Waals surface area (Å²) in [5, 5.41) is 8.13. The summed E-state index contributed by atoms with van der Waals surface area (Å²) in [6.45, 7) is 2.11. The summed E-state index contributed by atoms with van der Waals surface area (Å²) >= 11 is 13.1. The molecule has 1 heterocycles. The van der Waals surface area contributed by atoms with E-state index in [-0.39, 0.29) is 0 Å². The van der Waals surface area contributed by atoms with Gasteiger partial charge in [0.1, 0.15) is 0 Å². The third-order valence-electron chi connectivity index (χ3n) is 1.15. The maximum Gasteiger partial charge on any atom is 0.165 e. The number of aromatic nitrogens is 2. The first kappa shape index (κ1) is 10.1. The molecule has 0 radical (unpaired) electrons. The van der Waals surface area contributed by atoms with Crippen molar-refractivity contribution >= 4 is 35.0 Å². The van der Waals surface area contributed by atoms with Crippen molar-refractivity contribution in [2.45, 2.75) is 18.2 Å². The van der Waals surface area contributed by atoms with Gasteiger partial charge in [0.15, 0.2) is 10.3 Å². The molecular formula is C7H8Cl2N2S. The summed E-state index contributed by atoms with van der Waals surface area (Å²) in [7, 11) is 0. The Hall–Kier alpha value is 0.01000. The number of nitrogens with zero attached hydrogens (tertiary/aromatic N) is 2. The highest BCUT2D eigenvalue weighted by Crippen LogP contribution is 2.26. The van der Waals surface area contributed by atoms with E-state index in [1.165, 1.54) is 0 Å². The first-order valence-corrected chi connectivity index (χ1v) is 5.29. The van der Waals surface area contributed by atoms with Gasteiger partial charge >= 0.3 is 0 Å². The molecule has 0 aromatic carbocycles. The molecule has 0 aliphatic carbocycles. The Morgan fingerprint density at radius 3 is 2.83 bits per heavy atom. The van der Waals surface area contributed by atoms with E-state index in [0.717, 1.165) is 17.1 Å². The normalized spacial score (nSPS) is 10.2. The second kappa shape index (κ2) is 4.90. The van der Waals surface area contributed by atoms with Gasteiger partial charge in [-0.25, -0.2) is 0 Å². The minimum Gasteiger partial charge on any atom is -0.137 e. The van der Waals surface area contributed by atoms with E-state index >= 15 is 0 Å². The molecule has 1 rings (SSSR count). The van der Waals surface area contributed by atoms with E-state index < -0.39 is 0 Å². The monoisotopic (exact) mass is 222 g/mol. The third-order valence-corrected chi connectivity index (χ3v) is 2.96. The molecule has 0 atom stereocenters.